The molecule has 0 heterocycles. The van der Waals surface area contributed by atoms with Gasteiger partial charge in [0.2, 0.25) is 0 Å². The Bertz CT molecular complexity index is 1700. The van der Waals surface area contributed by atoms with Gasteiger partial charge in [-0.25, -0.2) is 0 Å². The molecular weight excluding hydrogens is 556 g/mol. The molecule has 0 bridgehead atoms. The molecule has 0 aliphatic rings. The van der Waals surface area contributed by atoms with Crippen LogP contribution in [0.1, 0.15) is 16.7 Å². The number of rotatable bonds is 11. The Labute approximate surface area is 233 Å². The quantitative estimate of drug-likeness (QED) is 0.248. The van der Waals surface area contributed by atoms with E-state index in [0.29, 0.717) is 33.4 Å². The lowest BCUT2D eigenvalue weighted by atomic mass is 9.91. The topological polar surface area (TPSA) is 136 Å². The number of hydrogen-bond acceptors (Lipinski definition) is 9. The Hall–Kier alpha value is -3.90. The molecule has 0 radical (unpaired) electrons. The third-order valence-electron chi connectivity index (χ3n) is 5.82. The number of hydrogen-bond donors (Lipinski definition) is 2. The van der Waals surface area contributed by atoms with E-state index in [9.17, 15) is 27.0 Å². The van der Waals surface area contributed by atoms with Crippen molar-refractivity contribution >= 4 is 20.2 Å². The first kappa shape index (κ1) is 29.1. The van der Waals surface area contributed by atoms with Gasteiger partial charge in [0, 0.05) is 0 Å². The molecule has 0 unspecified atom stereocenters. The minimum Gasteiger partial charge on any atom is -0.485 e. The number of aliphatic hydroxyl groups is 2. The van der Waals surface area contributed by atoms with Gasteiger partial charge >= 0.3 is 20.2 Å². The summed E-state index contributed by atoms with van der Waals surface area (Å²) < 4.78 is 62.8. The highest BCUT2D eigenvalue weighted by Gasteiger charge is 2.17. The minimum atomic E-state index is -3.89. The standard InChI is InChI=1S/C29H28O9S2/c1-39(32,33)37-25-11-8-21(9-12-25)26-14-24(18-31)27(15-23(26)17-30)22-10-13-28(29(16-22)38-40(2,34)35)36-19-20-6-4-3-5-7-20/h3-16,30-31H,17-19H2,1-2H3. The maximum Gasteiger partial charge on any atom is 0.306 e. The van der Waals surface area contributed by atoms with Gasteiger partial charge in [-0.2, -0.15) is 16.8 Å². The Morgan fingerprint density at radius 3 is 1.73 bits per heavy atom. The lowest BCUT2D eigenvalue weighted by Crippen LogP contribution is -2.08. The lowest BCUT2D eigenvalue weighted by Gasteiger charge is -2.17. The zero-order chi connectivity index (χ0) is 28.9. The maximum absolute atomic E-state index is 12.0. The van der Waals surface area contributed by atoms with Crippen LogP contribution < -0.4 is 13.1 Å². The Balaban J connectivity index is 1.73. The smallest absolute Gasteiger partial charge is 0.306 e. The monoisotopic (exact) mass is 584 g/mol. The molecule has 0 aromatic heterocycles. The molecule has 4 aromatic carbocycles. The van der Waals surface area contributed by atoms with Crippen LogP contribution in [0.3, 0.4) is 0 Å². The third kappa shape index (κ3) is 7.60. The summed E-state index contributed by atoms with van der Waals surface area (Å²) in [4.78, 5) is 0. The first-order valence-corrected chi connectivity index (χ1v) is 15.7. The maximum atomic E-state index is 12.0. The Morgan fingerprint density at radius 1 is 0.625 bits per heavy atom. The zero-order valence-electron chi connectivity index (χ0n) is 21.8. The van der Waals surface area contributed by atoms with Crippen LogP contribution in [-0.4, -0.2) is 39.6 Å². The third-order valence-corrected chi connectivity index (χ3v) is 6.79. The summed E-state index contributed by atoms with van der Waals surface area (Å²) in [6.45, 7) is -0.488. The molecule has 0 atom stereocenters. The summed E-state index contributed by atoms with van der Waals surface area (Å²) in [7, 11) is -7.57. The molecule has 0 aliphatic carbocycles. The van der Waals surface area contributed by atoms with Gasteiger partial charge in [-0.3, -0.25) is 0 Å². The van der Waals surface area contributed by atoms with Crippen molar-refractivity contribution in [2.45, 2.75) is 19.8 Å². The van der Waals surface area contributed by atoms with E-state index in [0.717, 1.165) is 18.1 Å². The molecule has 0 spiro atoms. The van der Waals surface area contributed by atoms with Crippen molar-refractivity contribution < 1.29 is 40.2 Å². The molecule has 210 valence electrons. The highest BCUT2D eigenvalue weighted by molar-refractivity contribution is 7.86. The summed E-state index contributed by atoms with van der Waals surface area (Å²) in [6, 6.07) is 23.9. The fourth-order valence-corrected chi connectivity index (χ4v) is 5.03. The van der Waals surface area contributed by atoms with Gasteiger partial charge in [-0.05, 0) is 75.3 Å². The van der Waals surface area contributed by atoms with Crippen molar-refractivity contribution in [1.82, 2.24) is 0 Å². The van der Waals surface area contributed by atoms with Crippen molar-refractivity contribution in [3.8, 4) is 39.5 Å². The number of benzene rings is 4. The van der Waals surface area contributed by atoms with Crippen molar-refractivity contribution in [2.24, 2.45) is 0 Å². The van der Waals surface area contributed by atoms with Crippen molar-refractivity contribution in [3.05, 3.63) is 102 Å². The normalized spacial score (nSPS) is 11.7. The van der Waals surface area contributed by atoms with Crippen LogP contribution in [0.4, 0.5) is 0 Å². The molecule has 11 heteroatoms. The molecule has 4 rings (SSSR count). The van der Waals surface area contributed by atoms with Crippen LogP contribution in [-0.2, 0) is 40.1 Å². The molecule has 0 amide bonds. The molecule has 0 aliphatic heterocycles. The molecule has 4 aromatic rings. The van der Waals surface area contributed by atoms with Gasteiger partial charge in [-0.1, -0.05) is 48.5 Å². The SMILES string of the molecule is CS(=O)(=O)Oc1ccc(-c2cc(CO)c(-c3ccc(OCc4ccccc4)c(OS(C)(=O)=O)c3)cc2CO)cc1. The summed E-state index contributed by atoms with van der Waals surface area (Å²) in [6.07, 6.45) is 1.88. The Morgan fingerprint density at radius 2 is 1.18 bits per heavy atom. The average molecular weight is 585 g/mol. The molecule has 9 nitrogen and oxygen atoms in total. The van der Waals surface area contributed by atoms with E-state index in [2.05, 4.69) is 0 Å². The predicted molar refractivity (Wildman–Crippen MR) is 151 cm³/mol. The molecule has 0 fully saturated rings. The van der Waals surface area contributed by atoms with Crippen molar-refractivity contribution in [2.75, 3.05) is 12.5 Å². The van der Waals surface area contributed by atoms with Crippen LogP contribution >= 0.6 is 0 Å². The van der Waals surface area contributed by atoms with Gasteiger partial charge in [0.25, 0.3) is 0 Å². The molecule has 40 heavy (non-hydrogen) atoms. The second kappa shape index (κ2) is 12.1. The average Bonchev–Trinajstić information content (AvgIpc) is 2.91. The largest absolute Gasteiger partial charge is 0.485 e. The van der Waals surface area contributed by atoms with E-state index in [4.69, 9.17) is 13.1 Å². The van der Waals surface area contributed by atoms with E-state index in [-0.39, 0.29) is 37.1 Å². The number of aliphatic hydroxyl groups excluding tert-OH is 2. The van der Waals surface area contributed by atoms with Crippen molar-refractivity contribution in [3.63, 3.8) is 0 Å². The molecular formula is C29H28O9S2. The van der Waals surface area contributed by atoms with E-state index < -0.39 is 20.2 Å². The fourth-order valence-electron chi connectivity index (χ4n) is 4.11. The van der Waals surface area contributed by atoms with Crippen LogP contribution in [0.2, 0.25) is 0 Å². The first-order chi connectivity index (χ1) is 19.0. The molecule has 2 N–H and O–H groups in total. The van der Waals surface area contributed by atoms with Crippen molar-refractivity contribution in [1.29, 1.82) is 0 Å². The Kier molecular flexibility index (Phi) is 8.79. The van der Waals surface area contributed by atoms with Gasteiger partial charge in [0.1, 0.15) is 12.4 Å². The van der Waals surface area contributed by atoms with E-state index in [1.807, 2.05) is 30.3 Å². The summed E-state index contributed by atoms with van der Waals surface area (Å²) in [5.41, 5.74) is 4.30. The van der Waals surface area contributed by atoms with E-state index >= 15 is 0 Å². The zero-order valence-corrected chi connectivity index (χ0v) is 23.4. The number of ether oxygens (including phenoxy) is 1. The van der Waals surface area contributed by atoms with Crippen LogP contribution in [0.15, 0.2) is 84.9 Å². The summed E-state index contributed by atoms with van der Waals surface area (Å²) in [5.74, 6) is 0.346. The van der Waals surface area contributed by atoms with E-state index in [1.165, 1.54) is 18.2 Å². The van der Waals surface area contributed by atoms with Gasteiger partial charge < -0.3 is 23.3 Å². The minimum absolute atomic E-state index is 0.0177. The van der Waals surface area contributed by atoms with E-state index in [1.54, 1.807) is 36.4 Å². The highest BCUT2D eigenvalue weighted by Crippen LogP contribution is 2.38. The lowest BCUT2D eigenvalue weighted by molar-refractivity contribution is 0.279. The highest BCUT2D eigenvalue weighted by atomic mass is 32.2. The second-order valence-electron chi connectivity index (χ2n) is 9.02. The van der Waals surface area contributed by atoms with Gasteiger partial charge in [0.05, 0.1) is 25.7 Å². The van der Waals surface area contributed by atoms with Gasteiger partial charge in [0.15, 0.2) is 11.5 Å². The molecule has 0 saturated carbocycles. The molecule has 0 saturated heterocycles. The summed E-state index contributed by atoms with van der Waals surface area (Å²) >= 11 is 0. The fraction of sp³-hybridized carbons (Fsp3) is 0.172. The van der Waals surface area contributed by atoms with Crippen LogP contribution in [0, 0.1) is 0 Å². The van der Waals surface area contributed by atoms with Gasteiger partial charge in [-0.15, -0.1) is 0 Å². The van der Waals surface area contributed by atoms with Crippen LogP contribution in [0.25, 0.3) is 22.3 Å². The summed E-state index contributed by atoms with van der Waals surface area (Å²) in [5, 5.41) is 20.4. The van der Waals surface area contributed by atoms with Crippen LogP contribution in [0.5, 0.6) is 17.2 Å². The second-order valence-corrected chi connectivity index (χ2v) is 12.2. The first-order valence-electron chi connectivity index (χ1n) is 12.0. The predicted octanol–water partition coefficient (Wildman–Crippen LogP) is 4.26.